The van der Waals surface area contributed by atoms with E-state index in [4.69, 9.17) is 21.2 Å². The number of halogens is 1. The van der Waals surface area contributed by atoms with Gasteiger partial charge in [-0.2, -0.15) is 0 Å². The Morgan fingerprint density at radius 3 is 2.25 bits per heavy atom. The van der Waals surface area contributed by atoms with Crippen molar-refractivity contribution < 1.29 is 24.0 Å². The molecule has 3 rings (SSSR count). The molecule has 2 aromatic carbocycles. The van der Waals surface area contributed by atoms with Gasteiger partial charge in [0, 0.05) is 0 Å². The Balaban J connectivity index is 1.75. The van der Waals surface area contributed by atoms with Gasteiger partial charge >= 0.3 is 5.97 Å². The number of methoxy groups -OCH3 is 1. The molecule has 0 unspecified atom stereocenters. The summed E-state index contributed by atoms with van der Waals surface area (Å²) in [6, 6.07) is 11.2. The van der Waals surface area contributed by atoms with Crippen LogP contribution >= 0.6 is 11.6 Å². The van der Waals surface area contributed by atoms with Gasteiger partial charge in [0.25, 0.3) is 11.8 Å². The van der Waals surface area contributed by atoms with E-state index < -0.39 is 17.8 Å². The zero-order chi connectivity index (χ0) is 17.3. The second-order valence-corrected chi connectivity index (χ2v) is 5.40. The minimum Gasteiger partial charge on any atom is -0.495 e. The Kier molecular flexibility index (Phi) is 4.22. The Hall–Kier alpha value is -2.86. The molecule has 1 aliphatic heterocycles. The summed E-state index contributed by atoms with van der Waals surface area (Å²) in [5, 5.41) is 0.750. The van der Waals surface area contributed by atoms with Gasteiger partial charge < -0.3 is 9.57 Å². The first-order chi connectivity index (χ1) is 11.5. The lowest BCUT2D eigenvalue weighted by Gasteiger charge is -2.13. The van der Waals surface area contributed by atoms with Crippen LogP contribution in [0.4, 0.5) is 0 Å². The van der Waals surface area contributed by atoms with Crippen molar-refractivity contribution in [3.63, 3.8) is 0 Å². The number of ether oxygens (including phenoxy) is 1. The van der Waals surface area contributed by atoms with Gasteiger partial charge in [0.2, 0.25) is 0 Å². The van der Waals surface area contributed by atoms with Gasteiger partial charge in [-0.15, -0.1) is 0 Å². The fourth-order valence-electron chi connectivity index (χ4n) is 2.39. The van der Waals surface area contributed by atoms with Crippen LogP contribution in [0.25, 0.3) is 0 Å². The SMILES string of the molecule is COc1cccc(CC(=O)ON2C(=O)c3ccccc3C2=O)c1Cl. The summed E-state index contributed by atoms with van der Waals surface area (Å²) >= 11 is 6.12. The largest absolute Gasteiger partial charge is 0.495 e. The molecule has 1 heterocycles. The van der Waals surface area contributed by atoms with Crippen LogP contribution in [0.5, 0.6) is 5.75 Å². The number of amides is 2. The summed E-state index contributed by atoms with van der Waals surface area (Å²) in [5.74, 6) is -1.69. The Morgan fingerprint density at radius 1 is 1.04 bits per heavy atom. The highest BCUT2D eigenvalue weighted by molar-refractivity contribution is 6.33. The fourth-order valence-corrected chi connectivity index (χ4v) is 2.66. The van der Waals surface area contributed by atoms with E-state index in [9.17, 15) is 14.4 Å². The molecule has 0 radical (unpaired) electrons. The van der Waals surface area contributed by atoms with Crippen molar-refractivity contribution in [2.75, 3.05) is 7.11 Å². The molecule has 0 N–H and O–H groups in total. The van der Waals surface area contributed by atoms with E-state index in [1.165, 1.54) is 19.2 Å². The lowest BCUT2D eigenvalue weighted by Crippen LogP contribution is -2.33. The second-order valence-electron chi connectivity index (χ2n) is 5.02. The van der Waals surface area contributed by atoms with Crippen LogP contribution in [0.1, 0.15) is 26.3 Å². The summed E-state index contributed by atoms with van der Waals surface area (Å²) in [5.41, 5.74) is 0.877. The summed E-state index contributed by atoms with van der Waals surface area (Å²) in [7, 11) is 1.46. The number of hydrogen-bond donors (Lipinski definition) is 0. The van der Waals surface area contributed by atoms with E-state index in [0.717, 1.165) is 0 Å². The van der Waals surface area contributed by atoms with Gasteiger partial charge in [-0.1, -0.05) is 40.9 Å². The van der Waals surface area contributed by atoms with Crippen molar-refractivity contribution in [1.29, 1.82) is 0 Å². The summed E-state index contributed by atoms with van der Waals surface area (Å²) in [6.07, 6.45) is -0.205. The van der Waals surface area contributed by atoms with Gasteiger partial charge in [-0.3, -0.25) is 9.59 Å². The highest BCUT2D eigenvalue weighted by Crippen LogP contribution is 2.29. The lowest BCUT2D eigenvalue weighted by molar-refractivity contribution is -0.167. The topological polar surface area (TPSA) is 72.9 Å². The number of benzene rings is 2. The molecule has 2 amide bonds. The average Bonchev–Trinajstić information content (AvgIpc) is 2.82. The smallest absolute Gasteiger partial charge is 0.337 e. The monoisotopic (exact) mass is 345 g/mol. The molecule has 122 valence electrons. The Labute approximate surface area is 142 Å². The molecule has 0 saturated heterocycles. The van der Waals surface area contributed by atoms with Crippen molar-refractivity contribution in [1.82, 2.24) is 5.06 Å². The first-order valence-electron chi connectivity index (χ1n) is 7.03. The molecule has 0 atom stereocenters. The predicted octanol–water partition coefficient (Wildman–Crippen LogP) is 2.65. The fraction of sp³-hybridized carbons (Fsp3) is 0.118. The quantitative estimate of drug-likeness (QED) is 0.796. The number of fused-ring (bicyclic) bond motifs is 1. The molecule has 7 heteroatoms. The van der Waals surface area contributed by atoms with Gasteiger partial charge in [0.05, 0.1) is 29.7 Å². The molecule has 0 fully saturated rings. The number of hydrogen-bond acceptors (Lipinski definition) is 5. The van der Waals surface area contributed by atoms with Crippen LogP contribution in [0.2, 0.25) is 5.02 Å². The zero-order valence-electron chi connectivity index (χ0n) is 12.6. The summed E-state index contributed by atoms with van der Waals surface area (Å²) < 4.78 is 5.07. The van der Waals surface area contributed by atoms with Crippen molar-refractivity contribution in [3.05, 3.63) is 64.2 Å². The van der Waals surface area contributed by atoms with E-state index in [2.05, 4.69) is 0 Å². The molecule has 0 bridgehead atoms. The van der Waals surface area contributed by atoms with E-state index >= 15 is 0 Å². The van der Waals surface area contributed by atoms with E-state index in [0.29, 0.717) is 16.4 Å². The normalized spacial score (nSPS) is 13.0. The van der Waals surface area contributed by atoms with Crippen LogP contribution in [-0.4, -0.2) is 30.0 Å². The van der Waals surface area contributed by atoms with Crippen LogP contribution < -0.4 is 4.74 Å². The summed E-state index contributed by atoms with van der Waals surface area (Å²) in [6.45, 7) is 0. The van der Waals surface area contributed by atoms with Gasteiger partial charge in [-0.05, 0) is 23.8 Å². The molecule has 0 aliphatic carbocycles. The molecule has 0 aromatic heterocycles. The van der Waals surface area contributed by atoms with E-state index in [-0.39, 0.29) is 22.6 Å². The number of carbonyl (C=O) groups excluding carboxylic acids is 3. The standard InChI is InChI=1S/C17H12ClNO5/c1-23-13-8-4-5-10(15(13)18)9-14(20)24-19-16(21)11-6-2-3-7-12(11)17(19)22/h2-8H,9H2,1H3. The van der Waals surface area contributed by atoms with E-state index in [1.807, 2.05) is 0 Å². The third-order valence-corrected chi connectivity index (χ3v) is 3.98. The lowest BCUT2D eigenvalue weighted by atomic mass is 10.1. The first kappa shape index (κ1) is 16.0. The first-order valence-corrected chi connectivity index (χ1v) is 7.40. The second kappa shape index (κ2) is 6.33. The minimum atomic E-state index is -0.778. The summed E-state index contributed by atoms with van der Waals surface area (Å²) in [4.78, 5) is 41.3. The zero-order valence-corrected chi connectivity index (χ0v) is 13.4. The van der Waals surface area contributed by atoms with Crippen molar-refractivity contribution in [3.8, 4) is 5.75 Å². The predicted molar refractivity (Wildman–Crippen MR) is 84.7 cm³/mol. The maximum atomic E-state index is 12.1. The molecule has 0 spiro atoms. The number of nitrogens with zero attached hydrogens (tertiary/aromatic N) is 1. The number of imide groups is 1. The van der Waals surface area contributed by atoms with E-state index in [1.54, 1.807) is 30.3 Å². The molecular formula is C17H12ClNO5. The van der Waals surface area contributed by atoms with Crippen LogP contribution in [0, 0.1) is 0 Å². The highest BCUT2D eigenvalue weighted by Gasteiger charge is 2.38. The molecule has 1 aliphatic rings. The molecule has 6 nitrogen and oxygen atoms in total. The van der Waals surface area contributed by atoms with Crippen LogP contribution in [-0.2, 0) is 16.1 Å². The number of hydroxylamine groups is 2. The number of carbonyl (C=O) groups is 3. The molecule has 2 aromatic rings. The maximum absolute atomic E-state index is 12.1. The van der Waals surface area contributed by atoms with Gasteiger partial charge in [0.1, 0.15) is 5.75 Å². The van der Waals surface area contributed by atoms with Gasteiger partial charge in [0.15, 0.2) is 0 Å². The Morgan fingerprint density at radius 2 is 1.67 bits per heavy atom. The minimum absolute atomic E-state index is 0.203. The molecular weight excluding hydrogens is 334 g/mol. The average molecular weight is 346 g/mol. The van der Waals surface area contributed by atoms with Gasteiger partial charge in [-0.25, -0.2) is 4.79 Å². The van der Waals surface area contributed by atoms with Crippen molar-refractivity contribution >= 4 is 29.4 Å². The molecule has 0 saturated carbocycles. The third kappa shape index (κ3) is 2.72. The number of rotatable bonds is 4. The maximum Gasteiger partial charge on any atom is 0.337 e. The highest BCUT2D eigenvalue weighted by atomic mass is 35.5. The van der Waals surface area contributed by atoms with Crippen LogP contribution in [0.15, 0.2) is 42.5 Å². The van der Waals surface area contributed by atoms with Crippen molar-refractivity contribution in [2.45, 2.75) is 6.42 Å². The molecule has 24 heavy (non-hydrogen) atoms. The third-order valence-electron chi connectivity index (χ3n) is 3.55. The van der Waals surface area contributed by atoms with Crippen LogP contribution in [0.3, 0.4) is 0 Å². The Bertz CT molecular complexity index is 814. The van der Waals surface area contributed by atoms with Crippen molar-refractivity contribution in [2.24, 2.45) is 0 Å².